The molecule has 1 atom stereocenters. The molecule has 320 valence electrons. The summed E-state index contributed by atoms with van der Waals surface area (Å²) in [4.78, 5) is 14.4. The van der Waals surface area contributed by atoms with Crippen molar-refractivity contribution in [2.24, 2.45) is 0 Å². The monoisotopic (exact) mass is 1010 g/mol. The Morgan fingerprint density at radius 2 is 0.541 bits per heavy atom. The lowest BCUT2D eigenvalue weighted by Gasteiger charge is -2.28. The quantitative estimate of drug-likeness (QED) is 0.161. The Morgan fingerprint density at radius 3 is 1.06 bits per heavy atom. The highest BCUT2D eigenvalue weighted by Crippen LogP contribution is 2.37. The highest BCUT2D eigenvalue weighted by molar-refractivity contribution is 6.75. The van der Waals surface area contributed by atoms with Gasteiger partial charge in [0.25, 0.3) is 0 Å². The summed E-state index contributed by atoms with van der Waals surface area (Å²) in [5, 5.41) is 0.721. The van der Waals surface area contributed by atoms with Crippen molar-refractivity contribution in [1.82, 2.24) is 19.5 Å². The first-order valence-electron chi connectivity index (χ1n) is 24.8. The molecule has 1 aliphatic carbocycles. The lowest BCUT2D eigenvalue weighted by atomic mass is 9.57. The SMILES string of the molecule is [B]C1=c2oc3c([B])c(-c4nc(-c5c([B])c([B])c([B])c([B])c5[B])nc(-c5c([B])c([B])c([B])c6c5oc5c([B])c([B])c([B])c([B])c56)n4)c([B])c([B])c3c2=C([B])C1n1c2c([B])c([B])c([B])c([B])c2c2c([B])c([B])c(-c3c([B])c([B])c([B])c([B])c3[B])c([B])c21. The molecule has 4 heterocycles. The van der Waals surface area contributed by atoms with E-state index >= 15 is 0 Å². The van der Waals surface area contributed by atoms with Crippen LogP contribution in [-0.4, -0.2) is 247 Å². The maximum Gasteiger partial charge on any atom is 0.167 e. The van der Waals surface area contributed by atoms with Gasteiger partial charge >= 0.3 is 0 Å². The van der Waals surface area contributed by atoms with Crippen molar-refractivity contribution in [3.05, 3.63) is 10.6 Å². The van der Waals surface area contributed by atoms with E-state index in [4.69, 9.17) is 251 Å². The van der Waals surface area contributed by atoms with Crippen molar-refractivity contribution in [3.63, 3.8) is 0 Å². The minimum atomic E-state index is -1.31. The predicted molar refractivity (Wildman–Crippen MR) is 380 cm³/mol. The summed E-state index contributed by atoms with van der Waals surface area (Å²) in [6, 6.07) is -1.31. The summed E-state index contributed by atoms with van der Waals surface area (Å²) in [6.07, 6.45) is 0. The normalized spacial score (nSPS) is 13.4. The van der Waals surface area contributed by atoms with Crippen LogP contribution in [0.5, 0.6) is 0 Å². The molecule has 6 nitrogen and oxygen atoms in total. The van der Waals surface area contributed by atoms with E-state index in [9.17, 15) is 0 Å². The number of furan rings is 2. The minimum absolute atomic E-state index is 0.00106. The summed E-state index contributed by atoms with van der Waals surface area (Å²) in [6.45, 7) is 0. The van der Waals surface area contributed by atoms with Gasteiger partial charge in [0.1, 0.15) is 250 Å². The summed E-state index contributed by atoms with van der Waals surface area (Å²) in [5.74, 6) is -0.927. The van der Waals surface area contributed by atoms with Gasteiger partial charge in [-0.25, -0.2) is 15.0 Å². The molecule has 0 saturated heterocycles. The Bertz CT molecular complexity index is 5150. The van der Waals surface area contributed by atoms with E-state index in [0.717, 1.165) is 0 Å². The van der Waals surface area contributed by atoms with Gasteiger partial charge < -0.3 is 13.4 Å². The summed E-state index contributed by atoms with van der Waals surface area (Å²) >= 11 is 0. The molecule has 1 aliphatic rings. The third kappa shape index (κ3) is 7.77. The molecular formula is C50HB29N4O2. The second-order valence-electron chi connectivity index (χ2n) is 20.5. The van der Waals surface area contributed by atoms with E-state index in [1.54, 1.807) is 0 Å². The van der Waals surface area contributed by atoms with Crippen LogP contribution in [0, 0.1) is 0 Å². The van der Waals surface area contributed by atoms with Crippen molar-refractivity contribution in [2.75, 3.05) is 0 Å². The van der Waals surface area contributed by atoms with E-state index in [-0.39, 0.29) is 269 Å². The zero-order chi connectivity index (χ0) is 62.0. The molecule has 0 N–H and O–H groups in total. The first-order chi connectivity index (χ1) is 39.8. The number of hydrogen-bond acceptors (Lipinski definition) is 5. The molecule has 35 heteroatoms. The smallest absolute Gasteiger partial charge is 0.167 e. The molecule has 0 spiro atoms. The standard InChI is InChI=1S/C50HB29N4O2/c51-12-2(1-13(52)28(67)34(73)29(68)14(1)53)24(63)41-3(15(12)54)4-16(55)30(69)36(75)38(77)42(4)83(41)43-25(64)8-7-17(56)20(59)10(26(65)45(7)85-47(8)40(43)79)49-80-48(9-21(60)32(71)35(74)33(72)22(9)61)81-50(82-49)11-23(62)27(66)18(57)5-6-19(58)31(70)37(76)39(78)46(6)84-44(5)11/h43H. The van der Waals surface area contributed by atoms with Crippen molar-refractivity contribution < 1.29 is 8.83 Å². The molecule has 4 aromatic heterocycles. The summed E-state index contributed by atoms with van der Waals surface area (Å²) in [7, 11) is 194. The zero-order valence-electron chi connectivity index (χ0n) is 44.4. The topological polar surface area (TPSA) is 69.9 Å². The number of hydrogen-bond donors (Lipinski definition) is 0. The molecule has 0 bridgehead atoms. The van der Waals surface area contributed by atoms with Gasteiger partial charge in [-0.3, -0.25) is 0 Å². The van der Waals surface area contributed by atoms with Gasteiger partial charge in [-0.05, 0) is 27.4 Å². The molecule has 11 aromatic rings. The molecular weight excluding hydrogens is 1000 g/mol. The number of aromatic nitrogens is 4. The van der Waals surface area contributed by atoms with Gasteiger partial charge in [0, 0.05) is 43.5 Å². The van der Waals surface area contributed by atoms with Gasteiger partial charge in [0.2, 0.25) is 0 Å². The third-order valence-corrected chi connectivity index (χ3v) is 16.2. The van der Waals surface area contributed by atoms with Gasteiger partial charge in [-0.2, -0.15) is 0 Å². The Balaban J connectivity index is 1.16. The Kier molecular flexibility index (Phi) is 14.2. The van der Waals surface area contributed by atoms with Crippen molar-refractivity contribution in [1.29, 1.82) is 0 Å². The van der Waals surface area contributed by atoms with Crippen LogP contribution in [0.15, 0.2) is 8.83 Å². The third-order valence-electron chi connectivity index (χ3n) is 16.2. The van der Waals surface area contributed by atoms with E-state index in [1.807, 2.05) is 0 Å². The maximum absolute atomic E-state index is 7.32. The molecule has 85 heavy (non-hydrogen) atoms. The Hall–Kier alpha value is -5.69. The van der Waals surface area contributed by atoms with Crippen LogP contribution in [0.4, 0.5) is 0 Å². The number of rotatable bonds is 5. The largest absolute Gasteiger partial charge is 0.458 e. The average Bonchev–Trinajstić information content (AvgIpc) is 1.90. The minimum Gasteiger partial charge on any atom is -0.458 e. The van der Waals surface area contributed by atoms with Crippen LogP contribution in [0.25, 0.3) is 111 Å². The molecule has 58 radical (unpaired) electrons. The lowest BCUT2D eigenvalue weighted by molar-refractivity contribution is 0.575. The average molecular weight is 1000 g/mol. The number of benzene rings is 7. The lowest BCUT2D eigenvalue weighted by Crippen LogP contribution is -2.56. The fourth-order valence-corrected chi connectivity index (χ4v) is 11.6. The van der Waals surface area contributed by atoms with Gasteiger partial charge in [0.15, 0.2) is 17.5 Å². The van der Waals surface area contributed by atoms with Crippen molar-refractivity contribution in [2.45, 2.75) is 6.04 Å². The summed E-state index contributed by atoms with van der Waals surface area (Å²) in [5.41, 5.74) is -4.19. The fraction of sp³-hybridized carbons (Fsp3) is 0.0200. The van der Waals surface area contributed by atoms with Crippen LogP contribution in [0.1, 0.15) is 6.04 Å². The molecule has 1 unspecified atom stereocenters. The first kappa shape index (κ1) is 59.6. The van der Waals surface area contributed by atoms with E-state index in [2.05, 4.69) is 0 Å². The highest BCUT2D eigenvalue weighted by atomic mass is 16.3. The second kappa shape index (κ2) is 20.2. The van der Waals surface area contributed by atoms with Crippen LogP contribution < -0.4 is 158 Å². The van der Waals surface area contributed by atoms with E-state index in [0.29, 0.717) is 0 Å². The number of nitrogens with zero attached hydrogens (tertiary/aromatic N) is 4. The summed E-state index contributed by atoms with van der Waals surface area (Å²) < 4.78 is 14.6. The van der Waals surface area contributed by atoms with Crippen LogP contribution in [0.3, 0.4) is 0 Å². The second-order valence-corrected chi connectivity index (χ2v) is 20.5. The van der Waals surface area contributed by atoms with Gasteiger partial charge in [-0.1, -0.05) is 92.9 Å². The molecule has 0 fully saturated rings. The maximum atomic E-state index is 7.32. The molecule has 0 saturated carbocycles. The predicted octanol–water partition coefficient (Wildman–Crippen LogP) is -22.5. The van der Waals surface area contributed by atoms with Crippen molar-refractivity contribution in [3.8, 4) is 45.3 Å². The Morgan fingerprint density at radius 1 is 0.235 bits per heavy atom. The van der Waals surface area contributed by atoms with Gasteiger partial charge in [-0.15, -0.1) is 60.1 Å². The molecule has 12 rings (SSSR count). The van der Waals surface area contributed by atoms with Gasteiger partial charge in [0.05, 0.1) is 11.6 Å². The molecule has 0 aliphatic heterocycles. The molecule has 7 aromatic carbocycles. The fourth-order valence-electron chi connectivity index (χ4n) is 11.6. The van der Waals surface area contributed by atoms with Crippen LogP contribution >= 0.6 is 0 Å². The van der Waals surface area contributed by atoms with Crippen molar-refractivity contribution >= 4 is 441 Å². The molecule has 0 amide bonds. The van der Waals surface area contributed by atoms with E-state index < -0.39 is 6.04 Å². The van der Waals surface area contributed by atoms with E-state index in [1.165, 1.54) is 4.57 Å². The highest BCUT2D eigenvalue weighted by Gasteiger charge is 2.34. The zero-order valence-corrected chi connectivity index (χ0v) is 44.4. The first-order valence-corrected chi connectivity index (χ1v) is 24.8. The van der Waals surface area contributed by atoms with Crippen LogP contribution in [-0.2, 0) is 0 Å². The van der Waals surface area contributed by atoms with Crippen LogP contribution in [0.2, 0.25) is 0 Å². The Labute approximate surface area is 527 Å². The number of fused-ring (bicyclic) bond motifs is 9.